The van der Waals surface area contributed by atoms with Crippen LogP contribution >= 0.6 is 0 Å². The van der Waals surface area contributed by atoms with Crippen molar-refractivity contribution in [1.29, 1.82) is 0 Å². The van der Waals surface area contributed by atoms with Gasteiger partial charge in [0, 0.05) is 49.6 Å². The van der Waals surface area contributed by atoms with E-state index in [1.165, 1.54) is 22.3 Å². The van der Waals surface area contributed by atoms with Crippen LogP contribution in [-0.2, 0) is 16.2 Å². The van der Waals surface area contributed by atoms with Crippen LogP contribution in [0.15, 0.2) is 141 Å². The van der Waals surface area contributed by atoms with E-state index < -0.39 is 0 Å². The van der Waals surface area contributed by atoms with Gasteiger partial charge in [-0.1, -0.05) is 115 Å². The molecule has 63 heavy (non-hydrogen) atoms. The summed E-state index contributed by atoms with van der Waals surface area (Å²) in [5.74, 6) is 0. The normalized spacial score (nSPS) is 15.5. The summed E-state index contributed by atoms with van der Waals surface area (Å²) in [7, 11) is 2.26. The topological polar surface area (TPSA) is 54.7 Å². The summed E-state index contributed by atoms with van der Waals surface area (Å²) in [6.07, 6.45) is 2.27. The number of nitrogens with zero attached hydrogens (tertiary/aromatic N) is 1. The number of fused-ring (bicyclic) bond motifs is 12. The van der Waals surface area contributed by atoms with Crippen LogP contribution in [0, 0.1) is 6.92 Å². The van der Waals surface area contributed by atoms with Crippen LogP contribution in [0.25, 0.3) is 66.0 Å². The molecule has 0 amide bonds. The maximum Gasteiger partial charge on any atom is 0.247 e. The summed E-state index contributed by atoms with van der Waals surface area (Å²) < 4.78 is 20.7. The summed E-state index contributed by atoms with van der Waals surface area (Å²) in [6.45, 7) is 18.7. The van der Waals surface area contributed by atoms with Crippen molar-refractivity contribution < 1.29 is 13.3 Å². The Morgan fingerprint density at radius 1 is 0.603 bits per heavy atom. The first-order valence-corrected chi connectivity index (χ1v) is 22.4. The van der Waals surface area contributed by atoms with Crippen LogP contribution in [0.5, 0.6) is 0 Å². The van der Waals surface area contributed by atoms with E-state index in [2.05, 4.69) is 194 Å². The highest BCUT2D eigenvalue weighted by atomic mass is 16.3. The van der Waals surface area contributed by atoms with Crippen LogP contribution in [0.3, 0.4) is 0 Å². The van der Waals surface area contributed by atoms with Gasteiger partial charge in [0.2, 0.25) is 7.28 Å². The maximum atomic E-state index is 7.10. The molecule has 7 aromatic carbocycles. The second-order valence-corrected chi connectivity index (χ2v) is 20.3. The molecule has 1 N–H and O–H groups in total. The zero-order valence-electron chi connectivity index (χ0n) is 37.3. The van der Waals surface area contributed by atoms with Crippen molar-refractivity contribution in [1.82, 2.24) is 0 Å². The van der Waals surface area contributed by atoms with Crippen molar-refractivity contribution >= 4 is 102 Å². The van der Waals surface area contributed by atoms with Gasteiger partial charge >= 0.3 is 0 Å². The molecule has 2 aliphatic rings. The molecule has 1 aliphatic heterocycles. The number of aryl methyl sites for hydroxylation is 1. The van der Waals surface area contributed by atoms with Crippen molar-refractivity contribution in [3.63, 3.8) is 0 Å². The summed E-state index contributed by atoms with van der Waals surface area (Å²) in [4.78, 5) is 2.48. The Bertz CT molecular complexity index is 3520. The van der Waals surface area contributed by atoms with Gasteiger partial charge in [0.15, 0.2) is 5.58 Å². The largest absolute Gasteiger partial charge is 0.469 e. The average molecular weight is 822 g/mol. The summed E-state index contributed by atoms with van der Waals surface area (Å²) in [5, 5.41) is 9.21. The first-order chi connectivity index (χ1) is 30.2. The van der Waals surface area contributed by atoms with E-state index in [1.54, 1.807) is 0 Å². The summed E-state index contributed by atoms with van der Waals surface area (Å²) in [6, 6.07) is 45.7. The summed E-state index contributed by atoms with van der Waals surface area (Å²) in [5.41, 5.74) is 18.8. The van der Waals surface area contributed by atoms with Crippen LogP contribution in [-0.4, -0.2) is 7.28 Å². The standard InChI is InChI=1S/C57H50BN2O3/c1-32-29-40-41(57(7,8)28-27-56(40,5)6)31-43(32)60-51-37-17-11-14-20-46(37)63-54(51)58-50-39(30-38-35-15-9-12-18-44(35)62-53(38)52(50)60)48-42(59-34-23-21-33(22-24-34)55(2,3)4)25-26-47-49(48)36-16-10-13-19-45(36)61-47/h9-26,29-31,59H,27-28H2,1-8H3. The smallest absolute Gasteiger partial charge is 0.247 e. The number of furan rings is 3. The van der Waals surface area contributed by atoms with E-state index in [0.717, 1.165) is 118 Å². The van der Waals surface area contributed by atoms with E-state index in [4.69, 9.17) is 13.3 Å². The van der Waals surface area contributed by atoms with Crippen molar-refractivity contribution in [2.45, 2.75) is 84.5 Å². The molecule has 0 fully saturated rings. The fraction of sp³-hybridized carbons (Fsp3) is 0.228. The van der Waals surface area contributed by atoms with Crippen molar-refractivity contribution in [2.24, 2.45) is 0 Å². The zero-order chi connectivity index (χ0) is 43.2. The first kappa shape index (κ1) is 38.1. The number of hydrogen-bond donors (Lipinski definition) is 1. The lowest BCUT2D eigenvalue weighted by molar-refractivity contribution is 0.332. The van der Waals surface area contributed by atoms with Crippen LogP contribution < -0.4 is 21.3 Å². The lowest BCUT2D eigenvalue weighted by Crippen LogP contribution is -2.40. The van der Waals surface area contributed by atoms with Gasteiger partial charge in [-0.15, -0.1) is 0 Å². The Labute approximate surface area is 368 Å². The molecule has 0 bridgehead atoms. The molecule has 5 nitrogen and oxygen atoms in total. The number of para-hydroxylation sites is 3. The predicted molar refractivity (Wildman–Crippen MR) is 264 cm³/mol. The Kier molecular flexibility index (Phi) is 7.96. The third-order valence-corrected chi connectivity index (χ3v) is 14.3. The van der Waals surface area contributed by atoms with E-state index in [1.807, 2.05) is 6.07 Å². The second-order valence-electron chi connectivity index (χ2n) is 20.3. The van der Waals surface area contributed by atoms with E-state index in [0.29, 0.717) is 0 Å². The Morgan fingerprint density at radius 2 is 1.22 bits per heavy atom. The minimum atomic E-state index is -0.000487. The fourth-order valence-electron chi connectivity index (χ4n) is 10.7. The third kappa shape index (κ3) is 5.69. The van der Waals surface area contributed by atoms with Crippen molar-refractivity contribution in [2.75, 3.05) is 10.2 Å². The molecule has 0 unspecified atom stereocenters. The molecule has 6 heteroatoms. The van der Waals surface area contributed by atoms with E-state index in [-0.39, 0.29) is 16.2 Å². The number of anilines is 5. The van der Waals surface area contributed by atoms with Gasteiger partial charge in [-0.2, -0.15) is 0 Å². The highest BCUT2D eigenvalue weighted by molar-refractivity contribution is 6.73. The highest BCUT2D eigenvalue weighted by Gasteiger charge is 2.41. The number of benzene rings is 7. The van der Waals surface area contributed by atoms with E-state index in [9.17, 15) is 0 Å². The molecule has 0 spiro atoms. The van der Waals surface area contributed by atoms with Crippen LogP contribution in [0.2, 0.25) is 0 Å². The van der Waals surface area contributed by atoms with Gasteiger partial charge in [-0.05, 0) is 130 Å². The number of hydrogen-bond acceptors (Lipinski definition) is 5. The van der Waals surface area contributed by atoms with Gasteiger partial charge in [-0.3, -0.25) is 0 Å². The molecule has 1 aliphatic carbocycles. The molecule has 0 atom stereocenters. The maximum absolute atomic E-state index is 7.10. The molecular weight excluding hydrogens is 771 g/mol. The molecule has 3 aromatic heterocycles. The minimum absolute atomic E-state index is 0.000487. The molecule has 0 saturated carbocycles. The summed E-state index contributed by atoms with van der Waals surface area (Å²) >= 11 is 0. The average Bonchev–Trinajstić information content (AvgIpc) is 3.95. The van der Waals surface area contributed by atoms with Gasteiger partial charge in [0.25, 0.3) is 0 Å². The van der Waals surface area contributed by atoms with Crippen molar-refractivity contribution in [3.8, 4) is 11.1 Å². The van der Waals surface area contributed by atoms with E-state index >= 15 is 0 Å². The molecule has 1 radical (unpaired) electrons. The number of rotatable bonds is 4. The number of nitrogens with one attached hydrogen (secondary N) is 1. The van der Waals surface area contributed by atoms with Crippen molar-refractivity contribution in [3.05, 3.63) is 150 Å². The SMILES string of the molecule is Cc1cc2c(cc1N1c3c(oc4ccccc34)[B]c3c(-c4c(Nc5ccc(C(C)(C)C)cc5)ccc5oc6ccccc6c45)cc4c(oc5ccccc54)c31)C(C)(C)CCC2(C)C. The lowest BCUT2D eigenvalue weighted by atomic mass is 9.60. The molecular formula is C57H50BN2O3. The fourth-order valence-corrected chi connectivity index (χ4v) is 10.7. The first-order valence-electron chi connectivity index (χ1n) is 22.4. The Hall–Kier alpha value is -6.66. The van der Waals surface area contributed by atoms with Gasteiger partial charge < -0.3 is 23.5 Å². The molecule has 4 heterocycles. The molecule has 0 saturated heterocycles. The lowest BCUT2D eigenvalue weighted by Gasteiger charge is -2.43. The highest BCUT2D eigenvalue weighted by Crippen LogP contribution is 2.53. The third-order valence-electron chi connectivity index (χ3n) is 14.3. The van der Waals surface area contributed by atoms with Gasteiger partial charge in [0.05, 0.1) is 17.0 Å². The van der Waals surface area contributed by atoms with Crippen LogP contribution in [0.4, 0.5) is 28.4 Å². The second kappa shape index (κ2) is 13.2. The monoisotopic (exact) mass is 821 g/mol. The van der Waals surface area contributed by atoms with Gasteiger partial charge in [-0.25, -0.2) is 0 Å². The minimum Gasteiger partial charge on any atom is -0.469 e. The predicted octanol–water partition coefficient (Wildman–Crippen LogP) is 15.0. The van der Waals surface area contributed by atoms with Crippen LogP contribution in [0.1, 0.15) is 83.6 Å². The quantitative estimate of drug-likeness (QED) is 0.179. The zero-order valence-corrected chi connectivity index (χ0v) is 37.3. The molecule has 309 valence electrons. The Balaban J connectivity index is 1.22. The van der Waals surface area contributed by atoms with Gasteiger partial charge in [0.1, 0.15) is 22.3 Å². The Morgan fingerprint density at radius 3 is 1.92 bits per heavy atom. The molecule has 12 rings (SSSR count). The molecule has 10 aromatic rings.